The van der Waals surface area contributed by atoms with Crippen LogP contribution in [0.3, 0.4) is 0 Å². The molecule has 0 bridgehead atoms. The van der Waals surface area contributed by atoms with E-state index in [1.54, 1.807) is 28.1 Å². The van der Waals surface area contributed by atoms with E-state index in [0.717, 1.165) is 43.1 Å². The standard InChI is InChI=1S/C13H29N.C7H14O.C6H10O2.C5H12O2.C5H10O2/c1-7-9-13(5)14(6)10-12(4)11(3)8-2;1-6-3-4-8-7(2)5-6;1-5-3-2-4-6(7)8-5;1-4-5(6-2)7-3;1-4(3-6)5(2)7/h11-13H,7-10H2,1-6H3;6-7H,3-5H2,1-2H3;2-3,5-7H,4H2,1H3;5H,4H2,1-3H3;3-5,7H,1-2H3/t11?,12-,13+;;;;/m0..../s1. The molecule has 0 aromatic rings. The van der Waals surface area contributed by atoms with Gasteiger partial charge in [-0.3, -0.25) is 0 Å². The second kappa shape index (κ2) is 30.8. The fourth-order valence-corrected chi connectivity index (χ4v) is 4.36. The first-order valence-corrected chi connectivity index (χ1v) is 17.1. The van der Waals surface area contributed by atoms with E-state index in [2.05, 4.69) is 60.4 Å². The molecule has 2 aliphatic rings. The van der Waals surface area contributed by atoms with E-state index < -0.39 is 12.4 Å². The van der Waals surface area contributed by atoms with Crippen molar-refractivity contribution in [3.05, 3.63) is 12.2 Å². The Bertz CT molecular complexity index is 630. The molecule has 0 aromatic carbocycles. The molecule has 8 heteroatoms. The highest BCUT2D eigenvalue weighted by atomic mass is 16.7. The molecule has 7 unspecified atom stereocenters. The number of aliphatic hydroxyl groups excluding tert-OH is 2. The van der Waals surface area contributed by atoms with E-state index in [4.69, 9.17) is 29.2 Å². The summed E-state index contributed by atoms with van der Waals surface area (Å²) in [6.45, 7) is 25.5. The molecule has 0 amide bonds. The molecule has 0 aliphatic carbocycles. The third kappa shape index (κ3) is 28.6. The molecule has 2 heterocycles. The maximum atomic E-state index is 9.79. The quantitative estimate of drug-likeness (QED) is 0.130. The van der Waals surface area contributed by atoms with Gasteiger partial charge in [0.05, 0.1) is 18.3 Å². The fraction of sp³-hybridized carbons (Fsp3) is 0.917. The van der Waals surface area contributed by atoms with Crippen LogP contribution >= 0.6 is 0 Å². The maximum absolute atomic E-state index is 9.79. The zero-order valence-corrected chi connectivity index (χ0v) is 31.3. The summed E-state index contributed by atoms with van der Waals surface area (Å²) in [6.07, 6.45) is 12.1. The van der Waals surface area contributed by atoms with Crippen molar-refractivity contribution in [3.8, 4) is 0 Å². The van der Waals surface area contributed by atoms with Gasteiger partial charge in [0.15, 0.2) is 12.6 Å². The van der Waals surface area contributed by atoms with Gasteiger partial charge >= 0.3 is 0 Å². The van der Waals surface area contributed by atoms with Crippen LogP contribution in [-0.4, -0.2) is 92.8 Å². The SMILES string of the molecule is CC(O)C(C)C=O.CC1C=CCC(O)O1.CC1CCOC(C)C1.CCC(OC)OC.CCC[C@@H](C)N(C)C[C@H](C)C(C)CC. The minimum absolute atomic E-state index is 0.0139. The highest BCUT2D eigenvalue weighted by Gasteiger charge is 2.16. The Morgan fingerprint density at radius 3 is 1.86 bits per heavy atom. The Labute approximate surface area is 273 Å². The number of hydrogen-bond acceptors (Lipinski definition) is 8. The predicted octanol–water partition coefficient (Wildman–Crippen LogP) is 7.50. The van der Waals surface area contributed by atoms with Crippen LogP contribution < -0.4 is 0 Å². The largest absolute Gasteiger partial charge is 0.393 e. The van der Waals surface area contributed by atoms with Crippen molar-refractivity contribution in [1.82, 2.24) is 4.90 Å². The van der Waals surface area contributed by atoms with E-state index in [0.29, 0.717) is 12.5 Å². The normalized spacial score (nSPS) is 24.4. The first kappa shape index (κ1) is 47.5. The number of rotatable bonds is 12. The second-order valence-corrected chi connectivity index (χ2v) is 12.8. The number of carbonyl (C=O) groups is 1. The molecule has 2 rings (SSSR count). The molecule has 2 aliphatic heterocycles. The lowest BCUT2D eigenvalue weighted by Gasteiger charge is -2.29. The van der Waals surface area contributed by atoms with Crippen LogP contribution in [0.1, 0.15) is 121 Å². The summed E-state index contributed by atoms with van der Waals surface area (Å²) in [6, 6.07) is 0.742. The summed E-state index contributed by atoms with van der Waals surface area (Å²) in [4.78, 5) is 12.3. The Kier molecular flexibility index (Phi) is 33.2. The van der Waals surface area contributed by atoms with Crippen molar-refractivity contribution in [2.75, 3.05) is 34.4 Å². The molecule has 0 radical (unpaired) electrons. The van der Waals surface area contributed by atoms with E-state index in [9.17, 15) is 4.79 Å². The average Bonchev–Trinajstić information content (AvgIpc) is 2.98. The molecule has 44 heavy (non-hydrogen) atoms. The molecule has 0 spiro atoms. The van der Waals surface area contributed by atoms with Crippen LogP contribution in [0.15, 0.2) is 12.2 Å². The van der Waals surface area contributed by atoms with Crippen molar-refractivity contribution in [2.24, 2.45) is 23.7 Å². The topological polar surface area (TPSA) is 97.7 Å². The van der Waals surface area contributed by atoms with Gasteiger partial charge in [-0.1, -0.05) is 73.5 Å². The zero-order valence-electron chi connectivity index (χ0n) is 31.3. The van der Waals surface area contributed by atoms with Crippen LogP contribution in [0, 0.1) is 23.7 Å². The zero-order chi connectivity index (χ0) is 34.7. The van der Waals surface area contributed by atoms with Crippen molar-refractivity contribution in [3.63, 3.8) is 0 Å². The van der Waals surface area contributed by atoms with Crippen molar-refractivity contribution in [1.29, 1.82) is 0 Å². The van der Waals surface area contributed by atoms with Crippen molar-refractivity contribution >= 4 is 6.29 Å². The molecule has 0 saturated carbocycles. The van der Waals surface area contributed by atoms with E-state index in [-0.39, 0.29) is 18.3 Å². The molecular weight excluding hydrogens is 558 g/mol. The Hall–Kier alpha value is -0.870. The summed E-state index contributed by atoms with van der Waals surface area (Å²) >= 11 is 0. The Morgan fingerprint density at radius 2 is 1.59 bits per heavy atom. The van der Waals surface area contributed by atoms with Crippen molar-refractivity contribution < 1.29 is 34.0 Å². The number of aldehydes is 1. The summed E-state index contributed by atoms with van der Waals surface area (Å²) in [5.74, 6) is 2.34. The van der Waals surface area contributed by atoms with Crippen LogP contribution in [0.25, 0.3) is 0 Å². The summed E-state index contributed by atoms with van der Waals surface area (Å²) < 4.78 is 20.0. The van der Waals surface area contributed by atoms with Gasteiger partial charge in [-0.15, -0.1) is 0 Å². The summed E-state index contributed by atoms with van der Waals surface area (Å²) in [5, 5.41) is 17.4. The smallest absolute Gasteiger partial charge is 0.158 e. The Balaban J connectivity index is -0.000000493. The minimum atomic E-state index is -0.574. The molecule has 266 valence electrons. The second-order valence-electron chi connectivity index (χ2n) is 12.8. The fourth-order valence-electron chi connectivity index (χ4n) is 4.36. The molecule has 0 aromatic heterocycles. The summed E-state index contributed by atoms with van der Waals surface area (Å²) in [5.41, 5.74) is 0. The van der Waals surface area contributed by atoms with Crippen LogP contribution in [0.5, 0.6) is 0 Å². The number of aliphatic hydroxyl groups is 2. The van der Waals surface area contributed by atoms with E-state index in [1.807, 2.05) is 26.0 Å². The van der Waals surface area contributed by atoms with Crippen LogP contribution in [0.4, 0.5) is 0 Å². The third-order valence-corrected chi connectivity index (χ3v) is 8.35. The molecular formula is C36H75NO7. The highest BCUT2D eigenvalue weighted by molar-refractivity contribution is 5.53. The molecule has 2 N–H and O–H groups in total. The number of nitrogens with zero attached hydrogens (tertiary/aromatic N) is 1. The monoisotopic (exact) mass is 634 g/mol. The van der Waals surface area contributed by atoms with Gasteiger partial charge < -0.3 is 38.9 Å². The third-order valence-electron chi connectivity index (χ3n) is 8.35. The predicted molar refractivity (Wildman–Crippen MR) is 185 cm³/mol. The number of ether oxygens (including phenoxy) is 4. The number of carbonyl (C=O) groups excluding carboxylic acids is 1. The van der Waals surface area contributed by atoms with Gasteiger partial charge in [0.1, 0.15) is 6.29 Å². The van der Waals surface area contributed by atoms with Gasteiger partial charge in [-0.2, -0.15) is 0 Å². The maximum Gasteiger partial charge on any atom is 0.158 e. The first-order valence-electron chi connectivity index (χ1n) is 17.1. The molecule has 9 atom stereocenters. The van der Waals surface area contributed by atoms with Gasteiger partial charge in [-0.05, 0) is 78.2 Å². The van der Waals surface area contributed by atoms with Crippen molar-refractivity contribution in [2.45, 2.75) is 158 Å². The van der Waals surface area contributed by atoms with Gasteiger partial charge in [0.2, 0.25) is 0 Å². The first-order chi connectivity index (χ1) is 20.6. The Morgan fingerprint density at radius 1 is 1.00 bits per heavy atom. The molecule has 1 saturated heterocycles. The van der Waals surface area contributed by atoms with Gasteiger partial charge in [-0.25, -0.2) is 0 Å². The van der Waals surface area contributed by atoms with Crippen LogP contribution in [-0.2, 0) is 23.7 Å². The van der Waals surface area contributed by atoms with E-state index in [1.165, 1.54) is 38.6 Å². The van der Waals surface area contributed by atoms with Gasteiger partial charge in [0.25, 0.3) is 0 Å². The number of hydrogen-bond donors (Lipinski definition) is 2. The number of methoxy groups -OCH3 is 2. The highest BCUT2D eigenvalue weighted by Crippen LogP contribution is 2.18. The van der Waals surface area contributed by atoms with E-state index >= 15 is 0 Å². The molecule has 1 fully saturated rings. The van der Waals surface area contributed by atoms with Gasteiger partial charge in [0, 0.05) is 45.8 Å². The van der Waals surface area contributed by atoms with Crippen LogP contribution in [0.2, 0.25) is 0 Å². The average molecular weight is 634 g/mol. The minimum Gasteiger partial charge on any atom is -0.393 e. The molecule has 8 nitrogen and oxygen atoms in total. The summed E-state index contributed by atoms with van der Waals surface area (Å²) in [7, 11) is 5.54. The lowest BCUT2D eigenvalue weighted by molar-refractivity contribution is -0.120. The lowest BCUT2D eigenvalue weighted by atomic mass is 9.93. The lowest BCUT2D eigenvalue weighted by Crippen LogP contribution is -2.34.